The molecule has 1 aromatic heterocycles. The van der Waals surface area contributed by atoms with Gasteiger partial charge in [0.2, 0.25) is 0 Å². The number of aromatic nitrogens is 2. The molecule has 0 spiro atoms. The van der Waals surface area contributed by atoms with E-state index in [0.29, 0.717) is 5.56 Å². The van der Waals surface area contributed by atoms with Gasteiger partial charge in [-0.25, -0.2) is 4.79 Å². The molecule has 7 heteroatoms. The Hall–Kier alpha value is -2.20. The van der Waals surface area contributed by atoms with Gasteiger partial charge in [0.05, 0.1) is 17.6 Å². The lowest BCUT2D eigenvalue weighted by Gasteiger charge is -2.13. The van der Waals surface area contributed by atoms with Gasteiger partial charge in [-0.05, 0) is 39.1 Å². The molecule has 0 amide bonds. The average molecular weight is 336 g/mol. The summed E-state index contributed by atoms with van der Waals surface area (Å²) in [6.45, 7) is 0.278. The molecule has 1 heterocycles. The van der Waals surface area contributed by atoms with E-state index in [1.54, 1.807) is 28.3 Å². The topological polar surface area (TPSA) is 36.2 Å². The van der Waals surface area contributed by atoms with E-state index in [4.69, 9.17) is 0 Å². The summed E-state index contributed by atoms with van der Waals surface area (Å²) < 4.78 is 33.6. The summed E-state index contributed by atoms with van der Waals surface area (Å²) in [7, 11) is 3.04. The zero-order valence-corrected chi connectivity index (χ0v) is 13.5. The normalized spacial score (nSPS) is 11.8. The Morgan fingerprint density at radius 2 is 1.83 bits per heavy atom. The maximum absolute atomic E-state index is 12.9. The molecular weight excluding hydrogens is 321 g/mol. The van der Waals surface area contributed by atoms with Gasteiger partial charge in [0, 0.05) is 7.05 Å². The fourth-order valence-electron chi connectivity index (χ4n) is 2.56. The molecule has 3 aromatic rings. The predicted molar refractivity (Wildman–Crippen MR) is 88.0 cm³/mol. The van der Waals surface area contributed by atoms with Crippen molar-refractivity contribution in [1.82, 2.24) is 9.13 Å². The van der Waals surface area contributed by atoms with Crippen molar-refractivity contribution in [1.29, 1.82) is 0 Å². The highest BCUT2D eigenvalue weighted by Crippen LogP contribution is 2.27. The molecule has 3 rings (SSSR count). The quantitative estimate of drug-likeness (QED) is 0.686. The summed E-state index contributed by atoms with van der Waals surface area (Å²) in [4.78, 5) is 12.4. The third-order valence-corrected chi connectivity index (χ3v) is 3.66. The number of fused-ring (bicyclic) bond motifs is 1. The number of rotatable bonds is 4. The Kier molecular flexibility index (Phi) is 3.94. The Balaban J connectivity index is 1.99. The summed E-state index contributed by atoms with van der Waals surface area (Å²) in [6.07, 6.45) is 0. The summed E-state index contributed by atoms with van der Waals surface area (Å²) in [5, 5.41) is 0. The van der Waals surface area contributed by atoms with Crippen LogP contribution >= 0.6 is 9.24 Å². The minimum Gasteiger partial charge on any atom is -0.430 e. The van der Waals surface area contributed by atoms with Crippen molar-refractivity contribution in [3.8, 4) is 5.75 Å². The minimum atomic E-state index is -3.32. The number of para-hydroxylation sites is 2. The molecular formula is C16H15F2N2O2P. The summed E-state index contributed by atoms with van der Waals surface area (Å²) in [5.74, 6) is -3.27. The Morgan fingerprint density at radius 1 is 1.13 bits per heavy atom. The molecule has 0 aliphatic rings. The van der Waals surface area contributed by atoms with E-state index >= 15 is 0 Å². The van der Waals surface area contributed by atoms with Gasteiger partial charge < -0.3 is 4.74 Å². The standard InChI is InChI=1S/C16H15F2N2O2P/c1-19-13-7-2-3-8-14(13)20(15(19)21)10-11-5-4-6-12(9-11)22-16(17,18)23/h2-9H,10,23H2,1H3. The number of aryl methyl sites for hydroxylation is 1. The molecule has 0 saturated carbocycles. The smallest absolute Gasteiger partial charge is 0.408 e. The van der Waals surface area contributed by atoms with Crippen LogP contribution in [0.5, 0.6) is 5.75 Å². The molecule has 0 N–H and O–H groups in total. The van der Waals surface area contributed by atoms with Crippen LogP contribution in [0.2, 0.25) is 0 Å². The highest BCUT2D eigenvalue weighted by atomic mass is 31.0. The number of hydrogen-bond donors (Lipinski definition) is 0. The van der Waals surface area contributed by atoms with Gasteiger partial charge in [-0.1, -0.05) is 24.3 Å². The second-order valence-electron chi connectivity index (χ2n) is 5.23. The average Bonchev–Trinajstić information content (AvgIpc) is 2.72. The number of ether oxygens (including phenoxy) is 1. The highest BCUT2D eigenvalue weighted by molar-refractivity contribution is 7.17. The first-order chi connectivity index (χ1) is 10.8. The van der Waals surface area contributed by atoms with Crippen molar-refractivity contribution in [2.45, 2.75) is 12.4 Å². The largest absolute Gasteiger partial charge is 0.430 e. The van der Waals surface area contributed by atoms with E-state index in [0.717, 1.165) is 11.0 Å². The van der Waals surface area contributed by atoms with E-state index in [-0.39, 0.29) is 18.0 Å². The predicted octanol–water partition coefficient (Wildman–Crippen LogP) is 3.19. The number of imidazole rings is 1. The second kappa shape index (κ2) is 5.78. The summed E-state index contributed by atoms with van der Waals surface area (Å²) in [5.41, 5.74) is 2.16. The van der Waals surface area contributed by atoms with Gasteiger partial charge in [-0.3, -0.25) is 9.13 Å². The van der Waals surface area contributed by atoms with Gasteiger partial charge in [0.15, 0.2) is 0 Å². The lowest BCUT2D eigenvalue weighted by atomic mass is 10.2. The molecule has 0 fully saturated rings. The molecule has 0 saturated heterocycles. The van der Waals surface area contributed by atoms with Crippen LogP contribution in [0.15, 0.2) is 53.3 Å². The van der Waals surface area contributed by atoms with Crippen LogP contribution in [0.1, 0.15) is 5.56 Å². The minimum absolute atomic E-state index is 0.0517. The van der Waals surface area contributed by atoms with Crippen molar-refractivity contribution >= 4 is 20.3 Å². The summed E-state index contributed by atoms with van der Waals surface area (Å²) >= 11 is 0. The number of nitrogens with zero attached hydrogens (tertiary/aromatic N) is 2. The first-order valence-electron chi connectivity index (χ1n) is 6.94. The van der Waals surface area contributed by atoms with Gasteiger partial charge in [0.1, 0.15) is 5.75 Å². The third-order valence-electron chi connectivity index (χ3n) is 3.54. The fourth-order valence-corrected chi connectivity index (χ4v) is 2.70. The second-order valence-corrected chi connectivity index (χ2v) is 5.90. The van der Waals surface area contributed by atoms with Crippen LogP contribution in [0, 0.1) is 0 Å². The van der Waals surface area contributed by atoms with E-state index in [1.165, 1.54) is 21.4 Å². The van der Waals surface area contributed by atoms with Gasteiger partial charge in [0.25, 0.3) is 0 Å². The molecule has 1 unspecified atom stereocenters. The van der Waals surface area contributed by atoms with Crippen molar-refractivity contribution in [2.75, 3.05) is 0 Å². The van der Waals surface area contributed by atoms with E-state index in [1.807, 2.05) is 24.3 Å². The number of alkyl halides is 2. The lowest BCUT2D eigenvalue weighted by molar-refractivity contribution is -0.0892. The van der Waals surface area contributed by atoms with Crippen molar-refractivity contribution in [3.63, 3.8) is 0 Å². The van der Waals surface area contributed by atoms with Crippen LogP contribution in [-0.2, 0) is 13.6 Å². The number of halogens is 2. The van der Waals surface area contributed by atoms with Gasteiger partial charge in [-0.2, -0.15) is 8.78 Å². The molecule has 0 aliphatic heterocycles. The molecule has 120 valence electrons. The lowest BCUT2D eigenvalue weighted by Crippen LogP contribution is -2.22. The Labute approximate surface area is 133 Å². The maximum Gasteiger partial charge on any atom is 0.408 e. The van der Waals surface area contributed by atoms with E-state index in [2.05, 4.69) is 4.74 Å². The molecule has 2 aromatic carbocycles. The van der Waals surface area contributed by atoms with E-state index < -0.39 is 5.85 Å². The Bertz CT molecular complexity index is 912. The van der Waals surface area contributed by atoms with Crippen LogP contribution < -0.4 is 10.4 Å². The SMILES string of the molecule is Cn1c(=O)n(Cc2cccc(OC(F)(F)P)c2)c2ccccc21. The van der Waals surface area contributed by atoms with Crippen molar-refractivity contribution in [2.24, 2.45) is 7.05 Å². The molecule has 23 heavy (non-hydrogen) atoms. The number of benzene rings is 2. The zero-order chi connectivity index (χ0) is 16.6. The first-order valence-corrected chi connectivity index (χ1v) is 7.52. The summed E-state index contributed by atoms with van der Waals surface area (Å²) in [6, 6.07) is 13.8. The monoisotopic (exact) mass is 336 g/mol. The molecule has 0 bridgehead atoms. The van der Waals surface area contributed by atoms with Gasteiger partial charge >= 0.3 is 11.5 Å². The van der Waals surface area contributed by atoms with Crippen molar-refractivity contribution < 1.29 is 13.5 Å². The first kappa shape index (κ1) is 15.7. The van der Waals surface area contributed by atoms with Crippen LogP contribution in [0.3, 0.4) is 0 Å². The molecule has 0 radical (unpaired) electrons. The highest BCUT2D eigenvalue weighted by Gasteiger charge is 2.23. The zero-order valence-electron chi connectivity index (χ0n) is 12.4. The van der Waals surface area contributed by atoms with Crippen LogP contribution in [0.4, 0.5) is 8.78 Å². The fraction of sp³-hybridized carbons (Fsp3) is 0.188. The van der Waals surface area contributed by atoms with E-state index in [9.17, 15) is 13.6 Å². The molecule has 1 atom stereocenters. The maximum atomic E-state index is 12.9. The van der Waals surface area contributed by atoms with Crippen molar-refractivity contribution in [3.05, 3.63) is 64.6 Å². The van der Waals surface area contributed by atoms with Gasteiger partial charge in [-0.15, -0.1) is 0 Å². The Morgan fingerprint density at radius 3 is 2.52 bits per heavy atom. The number of hydrogen-bond acceptors (Lipinski definition) is 2. The molecule has 4 nitrogen and oxygen atoms in total. The molecule has 0 aliphatic carbocycles. The third kappa shape index (κ3) is 3.27. The van der Waals surface area contributed by atoms with Crippen LogP contribution in [-0.4, -0.2) is 15.0 Å². The van der Waals surface area contributed by atoms with Crippen LogP contribution in [0.25, 0.3) is 11.0 Å².